The minimum absolute atomic E-state index is 0.519. The first-order valence-corrected chi connectivity index (χ1v) is 6.82. The van der Waals surface area contributed by atoms with Gasteiger partial charge in [0.2, 0.25) is 0 Å². The van der Waals surface area contributed by atoms with Crippen molar-refractivity contribution in [3.05, 3.63) is 30.1 Å². The van der Waals surface area contributed by atoms with E-state index in [1.165, 1.54) is 0 Å². The molecule has 0 aliphatic rings. The van der Waals surface area contributed by atoms with E-state index in [1.54, 1.807) is 0 Å². The Labute approximate surface area is 117 Å². The van der Waals surface area contributed by atoms with Crippen LogP contribution >= 0.6 is 0 Å². The molecule has 1 aromatic carbocycles. The first-order chi connectivity index (χ1) is 9.65. The monoisotopic (exact) mass is 269 g/mol. The van der Waals surface area contributed by atoms with E-state index in [2.05, 4.69) is 29.0 Å². The predicted octanol–water partition coefficient (Wildman–Crippen LogP) is 2.19. The van der Waals surface area contributed by atoms with Gasteiger partial charge in [-0.05, 0) is 33.1 Å². The molecule has 20 heavy (non-hydrogen) atoms. The number of imidazole rings is 1. The Morgan fingerprint density at radius 3 is 2.80 bits per heavy atom. The van der Waals surface area contributed by atoms with E-state index in [1.807, 2.05) is 24.3 Å². The molecule has 3 N–H and O–H groups in total. The number of rotatable bonds is 4. The van der Waals surface area contributed by atoms with Crippen molar-refractivity contribution in [1.82, 2.24) is 19.9 Å². The highest BCUT2D eigenvalue weighted by Crippen LogP contribution is 2.26. The number of para-hydroxylation sites is 1. The quantitative estimate of drug-likeness (QED) is 0.761. The van der Waals surface area contributed by atoms with Crippen molar-refractivity contribution in [2.24, 2.45) is 0 Å². The summed E-state index contributed by atoms with van der Waals surface area (Å²) in [7, 11) is 4.15. The molecule has 0 saturated heterocycles. The first kappa shape index (κ1) is 12.9. The van der Waals surface area contributed by atoms with E-state index in [0.717, 1.165) is 47.1 Å². The van der Waals surface area contributed by atoms with Gasteiger partial charge in [-0.1, -0.05) is 18.2 Å². The number of aromatic amines is 1. The van der Waals surface area contributed by atoms with Crippen LogP contribution in [-0.4, -0.2) is 40.5 Å². The van der Waals surface area contributed by atoms with E-state index in [-0.39, 0.29) is 0 Å². The summed E-state index contributed by atoms with van der Waals surface area (Å²) in [6.07, 6.45) is 1.98. The molecule has 0 saturated carbocycles. The summed E-state index contributed by atoms with van der Waals surface area (Å²) in [6, 6.07) is 7.96. The van der Waals surface area contributed by atoms with Gasteiger partial charge in [-0.3, -0.25) is 0 Å². The normalized spacial score (nSPS) is 11.8. The zero-order chi connectivity index (χ0) is 14.1. The lowest BCUT2D eigenvalue weighted by atomic mass is 10.2. The number of aryl methyl sites for hydroxylation is 1. The number of benzene rings is 1. The van der Waals surface area contributed by atoms with Crippen LogP contribution in [0.3, 0.4) is 0 Å². The standard InChI is InChI=1S/C15H19N5/c1-20(2)9-5-8-12-18-13-10-6-3-4-7-11(10)17-15(16)14(13)19-12/h3-4,6-7H,5,8-9H2,1-2H3,(H2,16,17)(H,18,19). The van der Waals surface area contributed by atoms with Crippen LogP contribution in [0.2, 0.25) is 0 Å². The molecule has 5 heteroatoms. The molecule has 0 radical (unpaired) electrons. The van der Waals surface area contributed by atoms with Crippen molar-refractivity contribution in [2.75, 3.05) is 26.4 Å². The van der Waals surface area contributed by atoms with Crippen molar-refractivity contribution >= 4 is 27.8 Å². The SMILES string of the molecule is CN(C)CCCc1nc2c([nH]1)c(N)nc1ccccc12. The van der Waals surface area contributed by atoms with Gasteiger partial charge in [0.25, 0.3) is 0 Å². The second-order valence-corrected chi connectivity index (χ2v) is 5.33. The summed E-state index contributed by atoms with van der Waals surface area (Å²) in [5, 5.41) is 1.05. The number of aromatic nitrogens is 3. The number of H-pyrrole nitrogens is 1. The molecule has 0 aliphatic heterocycles. The number of hydrogen-bond donors (Lipinski definition) is 2. The Hall–Kier alpha value is -2.14. The highest BCUT2D eigenvalue weighted by molar-refractivity contribution is 6.05. The van der Waals surface area contributed by atoms with Gasteiger partial charge in [0.05, 0.1) is 5.52 Å². The molecule has 3 rings (SSSR count). The summed E-state index contributed by atoms with van der Waals surface area (Å²) >= 11 is 0. The molecule has 2 aromatic heterocycles. The zero-order valence-corrected chi connectivity index (χ0v) is 11.8. The zero-order valence-electron chi connectivity index (χ0n) is 11.8. The molecule has 0 bridgehead atoms. The Bertz CT molecular complexity index is 744. The largest absolute Gasteiger partial charge is 0.382 e. The van der Waals surface area contributed by atoms with E-state index in [9.17, 15) is 0 Å². The average molecular weight is 269 g/mol. The van der Waals surface area contributed by atoms with Crippen LogP contribution in [-0.2, 0) is 6.42 Å². The van der Waals surface area contributed by atoms with Gasteiger partial charge in [0.1, 0.15) is 22.7 Å². The molecule has 0 atom stereocenters. The highest BCUT2D eigenvalue weighted by atomic mass is 15.0. The van der Waals surface area contributed by atoms with Gasteiger partial charge in [-0.25, -0.2) is 9.97 Å². The fourth-order valence-electron chi connectivity index (χ4n) is 2.44. The average Bonchev–Trinajstić information content (AvgIpc) is 2.83. The molecule has 0 aliphatic carbocycles. The maximum atomic E-state index is 6.02. The molecule has 0 amide bonds. The van der Waals surface area contributed by atoms with Gasteiger partial charge in [0.15, 0.2) is 0 Å². The maximum absolute atomic E-state index is 6.02. The molecule has 3 aromatic rings. The van der Waals surface area contributed by atoms with Crippen molar-refractivity contribution in [3.8, 4) is 0 Å². The molecule has 2 heterocycles. The van der Waals surface area contributed by atoms with E-state index in [0.29, 0.717) is 5.82 Å². The third-order valence-corrected chi connectivity index (χ3v) is 3.43. The second-order valence-electron chi connectivity index (χ2n) is 5.33. The Morgan fingerprint density at radius 2 is 2.00 bits per heavy atom. The van der Waals surface area contributed by atoms with Gasteiger partial charge in [-0.15, -0.1) is 0 Å². The van der Waals surface area contributed by atoms with E-state index < -0.39 is 0 Å². The molecular weight excluding hydrogens is 250 g/mol. The van der Waals surface area contributed by atoms with Crippen LogP contribution in [0.4, 0.5) is 5.82 Å². The third-order valence-electron chi connectivity index (χ3n) is 3.43. The van der Waals surface area contributed by atoms with E-state index >= 15 is 0 Å². The smallest absolute Gasteiger partial charge is 0.150 e. The molecular formula is C15H19N5. The summed E-state index contributed by atoms with van der Waals surface area (Å²) in [6.45, 7) is 1.05. The Morgan fingerprint density at radius 1 is 1.20 bits per heavy atom. The van der Waals surface area contributed by atoms with Gasteiger partial charge >= 0.3 is 0 Å². The fraction of sp³-hybridized carbons (Fsp3) is 0.333. The number of nitrogens with one attached hydrogen (secondary N) is 1. The lowest BCUT2D eigenvalue weighted by Crippen LogP contribution is -2.13. The Balaban J connectivity index is 2.01. The van der Waals surface area contributed by atoms with Gasteiger partial charge < -0.3 is 15.6 Å². The molecule has 5 nitrogen and oxygen atoms in total. The van der Waals surface area contributed by atoms with E-state index in [4.69, 9.17) is 10.7 Å². The number of nitrogens with two attached hydrogens (primary N) is 1. The molecule has 0 spiro atoms. The third kappa shape index (κ3) is 2.32. The summed E-state index contributed by atoms with van der Waals surface area (Å²) in [5.41, 5.74) is 8.69. The fourth-order valence-corrected chi connectivity index (χ4v) is 2.44. The van der Waals surface area contributed by atoms with Gasteiger partial charge in [-0.2, -0.15) is 0 Å². The van der Waals surface area contributed by atoms with Crippen LogP contribution < -0.4 is 5.73 Å². The molecule has 0 fully saturated rings. The van der Waals surface area contributed by atoms with Crippen molar-refractivity contribution in [2.45, 2.75) is 12.8 Å². The summed E-state index contributed by atoms with van der Waals surface area (Å²) < 4.78 is 0. The summed E-state index contributed by atoms with van der Waals surface area (Å²) in [4.78, 5) is 14.6. The molecule has 104 valence electrons. The topological polar surface area (TPSA) is 70.8 Å². The second kappa shape index (κ2) is 5.09. The van der Waals surface area contributed by atoms with Crippen LogP contribution in [0, 0.1) is 0 Å². The minimum atomic E-state index is 0.519. The van der Waals surface area contributed by atoms with Crippen LogP contribution in [0.5, 0.6) is 0 Å². The number of nitrogens with zero attached hydrogens (tertiary/aromatic N) is 3. The number of nitrogen functional groups attached to an aromatic ring is 1. The number of hydrogen-bond acceptors (Lipinski definition) is 4. The van der Waals surface area contributed by atoms with Crippen LogP contribution in [0.1, 0.15) is 12.2 Å². The van der Waals surface area contributed by atoms with Crippen molar-refractivity contribution in [3.63, 3.8) is 0 Å². The highest BCUT2D eigenvalue weighted by Gasteiger charge is 2.11. The van der Waals surface area contributed by atoms with Crippen molar-refractivity contribution in [1.29, 1.82) is 0 Å². The van der Waals surface area contributed by atoms with Crippen LogP contribution in [0.25, 0.3) is 21.9 Å². The predicted molar refractivity (Wildman–Crippen MR) is 82.7 cm³/mol. The maximum Gasteiger partial charge on any atom is 0.150 e. The molecule has 0 unspecified atom stereocenters. The number of anilines is 1. The number of fused-ring (bicyclic) bond motifs is 3. The minimum Gasteiger partial charge on any atom is -0.382 e. The van der Waals surface area contributed by atoms with Crippen molar-refractivity contribution < 1.29 is 0 Å². The number of pyridine rings is 1. The van der Waals surface area contributed by atoms with Crippen LogP contribution in [0.15, 0.2) is 24.3 Å². The van der Waals surface area contributed by atoms with Gasteiger partial charge in [0, 0.05) is 11.8 Å². The lowest BCUT2D eigenvalue weighted by molar-refractivity contribution is 0.399. The Kier molecular flexibility index (Phi) is 3.28. The lowest BCUT2D eigenvalue weighted by Gasteiger charge is -2.07. The summed E-state index contributed by atoms with van der Waals surface area (Å²) in [5.74, 6) is 1.50. The first-order valence-electron chi connectivity index (χ1n) is 6.82.